The number of hydrogen-bond acceptors (Lipinski definition) is 2. The molecule has 14 heavy (non-hydrogen) atoms. The Kier molecular flexibility index (Phi) is 5.49. The van der Waals surface area contributed by atoms with E-state index in [0.29, 0.717) is 0 Å². The minimum atomic E-state index is 0.739. The van der Waals surface area contributed by atoms with Crippen LogP contribution < -0.4 is 5.73 Å². The van der Waals surface area contributed by atoms with Crippen LogP contribution in [0.2, 0.25) is 0 Å². The van der Waals surface area contributed by atoms with E-state index in [2.05, 4.69) is 18.7 Å². The van der Waals surface area contributed by atoms with Crippen LogP contribution in [0, 0.1) is 11.8 Å². The molecule has 1 atom stereocenters. The summed E-state index contributed by atoms with van der Waals surface area (Å²) >= 11 is 0. The molecule has 0 saturated heterocycles. The van der Waals surface area contributed by atoms with Gasteiger partial charge in [0.1, 0.15) is 0 Å². The summed E-state index contributed by atoms with van der Waals surface area (Å²) in [5.74, 6) is 1.76. The molecule has 0 aromatic carbocycles. The van der Waals surface area contributed by atoms with Crippen LogP contribution in [-0.4, -0.2) is 31.1 Å². The monoisotopic (exact) mass is 198 g/mol. The zero-order valence-corrected chi connectivity index (χ0v) is 9.84. The molecule has 2 N–H and O–H groups in total. The maximum absolute atomic E-state index is 5.71. The molecule has 1 fully saturated rings. The normalized spacial score (nSPS) is 18.9. The third-order valence-corrected chi connectivity index (χ3v) is 3.42. The van der Waals surface area contributed by atoms with Gasteiger partial charge in [0.25, 0.3) is 0 Å². The molecular formula is C12H26N2. The van der Waals surface area contributed by atoms with E-state index in [4.69, 9.17) is 5.73 Å². The minimum absolute atomic E-state index is 0.739. The summed E-state index contributed by atoms with van der Waals surface area (Å²) in [6, 6.07) is 0. The highest BCUT2D eigenvalue weighted by molar-refractivity contribution is 4.77. The lowest BCUT2D eigenvalue weighted by Gasteiger charge is -2.22. The average Bonchev–Trinajstić information content (AvgIpc) is 3.01. The zero-order chi connectivity index (χ0) is 10.4. The molecule has 1 aliphatic rings. The molecule has 0 aromatic heterocycles. The summed E-state index contributed by atoms with van der Waals surface area (Å²) in [6.45, 7) is 9.16. The van der Waals surface area contributed by atoms with Crippen molar-refractivity contribution in [2.24, 2.45) is 17.6 Å². The van der Waals surface area contributed by atoms with Crippen LogP contribution in [0.15, 0.2) is 0 Å². The Balaban J connectivity index is 2.11. The fourth-order valence-corrected chi connectivity index (χ4v) is 1.90. The van der Waals surface area contributed by atoms with Crippen molar-refractivity contribution >= 4 is 0 Å². The van der Waals surface area contributed by atoms with Gasteiger partial charge in [0.2, 0.25) is 0 Å². The van der Waals surface area contributed by atoms with Crippen LogP contribution in [0.5, 0.6) is 0 Å². The van der Waals surface area contributed by atoms with Crippen molar-refractivity contribution in [1.82, 2.24) is 4.90 Å². The van der Waals surface area contributed by atoms with Crippen molar-refractivity contribution in [3.05, 3.63) is 0 Å². The summed E-state index contributed by atoms with van der Waals surface area (Å²) in [7, 11) is 0. The van der Waals surface area contributed by atoms with Gasteiger partial charge >= 0.3 is 0 Å². The summed E-state index contributed by atoms with van der Waals surface area (Å²) in [6.07, 6.45) is 5.44. The quantitative estimate of drug-likeness (QED) is 0.647. The third-order valence-electron chi connectivity index (χ3n) is 3.42. The average molecular weight is 198 g/mol. The van der Waals surface area contributed by atoms with E-state index in [9.17, 15) is 0 Å². The predicted molar refractivity (Wildman–Crippen MR) is 62.3 cm³/mol. The highest BCUT2D eigenvalue weighted by Crippen LogP contribution is 2.29. The second-order valence-electron chi connectivity index (χ2n) is 4.64. The number of nitrogens with zero attached hydrogens (tertiary/aromatic N) is 1. The summed E-state index contributed by atoms with van der Waals surface area (Å²) in [5, 5.41) is 0. The molecule has 0 heterocycles. The van der Waals surface area contributed by atoms with E-state index < -0.39 is 0 Å². The summed E-state index contributed by atoms with van der Waals surface area (Å²) < 4.78 is 0. The van der Waals surface area contributed by atoms with Gasteiger partial charge in [-0.25, -0.2) is 0 Å². The number of rotatable bonds is 8. The predicted octanol–water partition coefficient (Wildman–Crippen LogP) is 2.09. The van der Waals surface area contributed by atoms with Crippen LogP contribution >= 0.6 is 0 Å². The molecule has 0 radical (unpaired) electrons. The Labute approximate surface area is 88.8 Å². The van der Waals surface area contributed by atoms with Gasteiger partial charge in [0, 0.05) is 6.54 Å². The smallest absolute Gasteiger partial charge is 0.000954 e. The first-order valence-corrected chi connectivity index (χ1v) is 6.22. The van der Waals surface area contributed by atoms with Crippen molar-refractivity contribution in [1.29, 1.82) is 0 Å². The van der Waals surface area contributed by atoms with Crippen LogP contribution in [0.25, 0.3) is 0 Å². The van der Waals surface area contributed by atoms with E-state index in [0.717, 1.165) is 18.4 Å². The molecule has 0 aromatic rings. The molecule has 0 amide bonds. The van der Waals surface area contributed by atoms with E-state index >= 15 is 0 Å². The standard InChI is InChI=1S/C12H26N2/c1-3-11(9-13)7-8-14(4-2)10-12-5-6-12/h11-12H,3-10,13H2,1-2H3. The molecule has 0 aliphatic heterocycles. The third kappa shape index (κ3) is 4.43. The molecular weight excluding hydrogens is 172 g/mol. The molecule has 2 nitrogen and oxygen atoms in total. The van der Waals surface area contributed by atoms with Gasteiger partial charge < -0.3 is 10.6 Å². The van der Waals surface area contributed by atoms with Crippen LogP contribution in [0.3, 0.4) is 0 Å². The SMILES string of the molecule is CCC(CN)CCN(CC)CC1CC1. The van der Waals surface area contributed by atoms with E-state index in [-0.39, 0.29) is 0 Å². The molecule has 0 spiro atoms. The largest absolute Gasteiger partial charge is 0.330 e. The Bertz CT molecular complexity index is 139. The molecule has 0 bridgehead atoms. The van der Waals surface area contributed by atoms with Crippen LogP contribution in [0.1, 0.15) is 39.5 Å². The molecule has 1 saturated carbocycles. The van der Waals surface area contributed by atoms with Gasteiger partial charge in [0.15, 0.2) is 0 Å². The van der Waals surface area contributed by atoms with E-state index in [1.165, 1.54) is 45.3 Å². The maximum Gasteiger partial charge on any atom is 0.000954 e. The highest BCUT2D eigenvalue weighted by atomic mass is 15.1. The first-order chi connectivity index (χ1) is 6.80. The lowest BCUT2D eigenvalue weighted by atomic mass is 10.0. The van der Waals surface area contributed by atoms with Gasteiger partial charge in [-0.05, 0) is 50.7 Å². The maximum atomic E-state index is 5.71. The Morgan fingerprint density at radius 3 is 2.50 bits per heavy atom. The van der Waals surface area contributed by atoms with Crippen molar-refractivity contribution < 1.29 is 0 Å². The van der Waals surface area contributed by atoms with Gasteiger partial charge in [-0.15, -0.1) is 0 Å². The van der Waals surface area contributed by atoms with Crippen LogP contribution in [0.4, 0.5) is 0 Å². The molecule has 1 rings (SSSR count). The first kappa shape index (κ1) is 12.0. The summed E-state index contributed by atoms with van der Waals surface area (Å²) in [4.78, 5) is 2.59. The van der Waals surface area contributed by atoms with Gasteiger partial charge in [-0.3, -0.25) is 0 Å². The van der Waals surface area contributed by atoms with Crippen molar-refractivity contribution in [2.75, 3.05) is 26.2 Å². The minimum Gasteiger partial charge on any atom is -0.330 e. The Hall–Kier alpha value is -0.0800. The first-order valence-electron chi connectivity index (χ1n) is 6.22. The molecule has 1 unspecified atom stereocenters. The fraction of sp³-hybridized carbons (Fsp3) is 1.00. The Morgan fingerprint density at radius 1 is 1.36 bits per heavy atom. The van der Waals surface area contributed by atoms with E-state index in [1.54, 1.807) is 0 Å². The molecule has 2 heteroatoms. The Morgan fingerprint density at radius 2 is 2.07 bits per heavy atom. The molecule has 84 valence electrons. The van der Waals surface area contributed by atoms with Crippen molar-refractivity contribution in [2.45, 2.75) is 39.5 Å². The molecule has 1 aliphatic carbocycles. The van der Waals surface area contributed by atoms with Gasteiger partial charge in [-0.1, -0.05) is 20.3 Å². The van der Waals surface area contributed by atoms with Crippen LogP contribution in [-0.2, 0) is 0 Å². The topological polar surface area (TPSA) is 29.3 Å². The number of nitrogens with two attached hydrogens (primary N) is 1. The van der Waals surface area contributed by atoms with Crippen molar-refractivity contribution in [3.63, 3.8) is 0 Å². The number of hydrogen-bond donors (Lipinski definition) is 1. The van der Waals surface area contributed by atoms with Crippen molar-refractivity contribution in [3.8, 4) is 0 Å². The van der Waals surface area contributed by atoms with Gasteiger partial charge in [0.05, 0.1) is 0 Å². The fourth-order valence-electron chi connectivity index (χ4n) is 1.90. The lowest BCUT2D eigenvalue weighted by molar-refractivity contribution is 0.252. The second kappa shape index (κ2) is 6.41. The lowest BCUT2D eigenvalue weighted by Crippen LogP contribution is -2.29. The summed E-state index contributed by atoms with van der Waals surface area (Å²) in [5.41, 5.74) is 5.71. The second-order valence-corrected chi connectivity index (χ2v) is 4.64. The zero-order valence-electron chi connectivity index (χ0n) is 9.84. The van der Waals surface area contributed by atoms with Gasteiger partial charge in [-0.2, -0.15) is 0 Å². The van der Waals surface area contributed by atoms with E-state index in [1.807, 2.05) is 0 Å². The highest BCUT2D eigenvalue weighted by Gasteiger charge is 2.23.